The average Bonchev–Trinajstić information content (AvgIpc) is 2.73. The molecule has 7 heteroatoms. The standard InChI is InChI=1S/C9H15N5OS/c1-7-12-8(13-15-7)6-11-9(10)14-2-4-16-5-3-14/h2-6H2,1H3,(H2,10,11). The third kappa shape index (κ3) is 2.88. The van der Waals surface area contributed by atoms with E-state index >= 15 is 0 Å². The van der Waals surface area contributed by atoms with Gasteiger partial charge in [-0.25, -0.2) is 4.99 Å². The van der Waals surface area contributed by atoms with Crippen LogP contribution in [0, 0.1) is 6.92 Å². The highest BCUT2D eigenvalue weighted by Gasteiger charge is 2.12. The van der Waals surface area contributed by atoms with Crippen molar-refractivity contribution in [1.29, 1.82) is 0 Å². The molecule has 0 aliphatic carbocycles. The number of aliphatic imine (C=N–C) groups is 1. The van der Waals surface area contributed by atoms with Crippen LogP contribution in [0.4, 0.5) is 0 Å². The van der Waals surface area contributed by atoms with Crippen LogP contribution in [0.5, 0.6) is 0 Å². The van der Waals surface area contributed by atoms with Crippen molar-refractivity contribution in [1.82, 2.24) is 15.0 Å². The number of rotatable bonds is 2. The van der Waals surface area contributed by atoms with Crippen LogP contribution in [-0.2, 0) is 6.54 Å². The molecule has 0 amide bonds. The molecule has 2 N–H and O–H groups in total. The van der Waals surface area contributed by atoms with Gasteiger partial charge in [0.05, 0.1) is 0 Å². The first-order valence-corrected chi connectivity index (χ1v) is 6.33. The van der Waals surface area contributed by atoms with Crippen LogP contribution in [0.2, 0.25) is 0 Å². The molecular formula is C9H15N5OS. The maximum atomic E-state index is 5.88. The minimum Gasteiger partial charge on any atom is -0.370 e. The van der Waals surface area contributed by atoms with Gasteiger partial charge in [-0.05, 0) is 0 Å². The lowest BCUT2D eigenvalue weighted by molar-refractivity contribution is 0.387. The zero-order valence-corrected chi connectivity index (χ0v) is 10.0. The van der Waals surface area contributed by atoms with Crippen molar-refractivity contribution in [3.05, 3.63) is 11.7 Å². The summed E-state index contributed by atoms with van der Waals surface area (Å²) in [7, 11) is 0. The van der Waals surface area contributed by atoms with Crippen molar-refractivity contribution < 1.29 is 4.52 Å². The van der Waals surface area contributed by atoms with Crippen molar-refractivity contribution >= 4 is 17.7 Å². The van der Waals surface area contributed by atoms with Gasteiger partial charge in [-0.3, -0.25) is 0 Å². The van der Waals surface area contributed by atoms with Gasteiger partial charge in [0.15, 0.2) is 11.8 Å². The molecule has 1 fully saturated rings. The summed E-state index contributed by atoms with van der Waals surface area (Å²) in [6.45, 7) is 4.06. The minimum atomic E-state index is 0.382. The van der Waals surface area contributed by atoms with Crippen molar-refractivity contribution in [2.24, 2.45) is 10.7 Å². The fourth-order valence-corrected chi connectivity index (χ4v) is 2.35. The molecule has 1 aromatic rings. The van der Waals surface area contributed by atoms with Crippen LogP contribution < -0.4 is 5.73 Å². The van der Waals surface area contributed by atoms with Crippen molar-refractivity contribution in [2.75, 3.05) is 24.6 Å². The topological polar surface area (TPSA) is 80.5 Å². The van der Waals surface area contributed by atoms with E-state index in [-0.39, 0.29) is 0 Å². The molecule has 2 heterocycles. The Morgan fingerprint density at radius 3 is 2.94 bits per heavy atom. The molecule has 0 aromatic carbocycles. The quantitative estimate of drug-likeness (QED) is 0.590. The lowest BCUT2D eigenvalue weighted by Gasteiger charge is -2.27. The van der Waals surface area contributed by atoms with Gasteiger partial charge in [0.2, 0.25) is 5.89 Å². The van der Waals surface area contributed by atoms with Gasteiger partial charge in [-0.15, -0.1) is 0 Å². The Labute approximate surface area is 98.3 Å². The molecule has 1 aromatic heterocycles. The molecule has 0 saturated carbocycles. The van der Waals surface area contributed by atoms with Gasteiger partial charge < -0.3 is 15.2 Å². The molecule has 1 aliphatic heterocycles. The summed E-state index contributed by atoms with van der Waals surface area (Å²) in [5, 5.41) is 3.76. The molecule has 0 bridgehead atoms. The largest absolute Gasteiger partial charge is 0.370 e. The predicted molar refractivity (Wildman–Crippen MR) is 63.3 cm³/mol. The maximum Gasteiger partial charge on any atom is 0.223 e. The van der Waals surface area contributed by atoms with E-state index in [4.69, 9.17) is 10.3 Å². The zero-order valence-electron chi connectivity index (χ0n) is 9.22. The minimum absolute atomic E-state index is 0.382. The third-order valence-corrected chi connectivity index (χ3v) is 3.23. The fourth-order valence-electron chi connectivity index (χ4n) is 1.45. The van der Waals surface area contributed by atoms with E-state index < -0.39 is 0 Å². The molecule has 6 nitrogen and oxygen atoms in total. The van der Waals surface area contributed by atoms with E-state index in [0.717, 1.165) is 24.6 Å². The second-order valence-corrected chi connectivity index (χ2v) is 4.73. The fraction of sp³-hybridized carbons (Fsp3) is 0.667. The Balaban J connectivity index is 1.90. The van der Waals surface area contributed by atoms with E-state index in [1.807, 2.05) is 11.8 Å². The number of hydrogen-bond acceptors (Lipinski definition) is 5. The summed E-state index contributed by atoms with van der Waals surface area (Å²) in [6, 6.07) is 0. The number of thioether (sulfide) groups is 1. The first-order valence-electron chi connectivity index (χ1n) is 5.17. The molecule has 1 aliphatic rings. The first kappa shape index (κ1) is 11.3. The van der Waals surface area contributed by atoms with Crippen LogP contribution in [-0.4, -0.2) is 45.6 Å². The third-order valence-electron chi connectivity index (χ3n) is 2.29. The van der Waals surface area contributed by atoms with E-state index in [1.54, 1.807) is 6.92 Å². The van der Waals surface area contributed by atoms with Crippen LogP contribution in [0.25, 0.3) is 0 Å². The van der Waals surface area contributed by atoms with Crippen molar-refractivity contribution in [3.63, 3.8) is 0 Å². The predicted octanol–water partition coefficient (Wildman–Crippen LogP) is 0.242. The molecule has 0 spiro atoms. The lowest BCUT2D eigenvalue weighted by Crippen LogP contribution is -2.42. The highest BCUT2D eigenvalue weighted by Crippen LogP contribution is 2.08. The van der Waals surface area contributed by atoms with E-state index in [9.17, 15) is 0 Å². The van der Waals surface area contributed by atoms with Crippen molar-refractivity contribution in [3.8, 4) is 0 Å². The van der Waals surface area contributed by atoms with E-state index in [1.165, 1.54) is 0 Å². The zero-order chi connectivity index (χ0) is 11.4. The molecule has 0 atom stereocenters. The number of nitrogens with two attached hydrogens (primary N) is 1. The Morgan fingerprint density at radius 2 is 2.31 bits per heavy atom. The average molecular weight is 241 g/mol. The van der Waals surface area contributed by atoms with Gasteiger partial charge in [-0.2, -0.15) is 16.7 Å². The van der Waals surface area contributed by atoms with E-state index in [2.05, 4.69) is 20.0 Å². The van der Waals surface area contributed by atoms with Gasteiger partial charge >= 0.3 is 0 Å². The number of hydrogen-bond donors (Lipinski definition) is 1. The van der Waals surface area contributed by atoms with Crippen LogP contribution in [0.1, 0.15) is 11.7 Å². The van der Waals surface area contributed by atoms with Crippen LogP contribution in [0.3, 0.4) is 0 Å². The van der Waals surface area contributed by atoms with Gasteiger partial charge in [0.1, 0.15) is 6.54 Å². The highest BCUT2D eigenvalue weighted by atomic mass is 32.2. The van der Waals surface area contributed by atoms with Crippen LogP contribution in [0.15, 0.2) is 9.52 Å². The Bertz CT molecular complexity index is 372. The molecule has 1 saturated heterocycles. The number of guanidine groups is 1. The summed E-state index contributed by atoms with van der Waals surface area (Å²) in [5.41, 5.74) is 5.88. The van der Waals surface area contributed by atoms with Crippen LogP contribution >= 0.6 is 11.8 Å². The molecule has 0 unspecified atom stereocenters. The van der Waals surface area contributed by atoms with Gasteiger partial charge in [0.25, 0.3) is 0 Å². The second-order valence-electron chi connectivity index (χ2n) is 3.50. The summed E-state index contributed by atoms with van der Waals surface area (Å²) < 4.78 is 4.85. The monoisotopic (exact) mass is 241 g/mol. The number of nitrogens with zero attached hydrogens (tertiary/aromatic N) is 4. The summed E-state index contributed by atoms with van der Waals surface area (Å²) in [5.74, 6) is 3.92. The maximum absolute atomic E-state index is 5.88. The molecular weight excluding hydrogens is 226 g/mol. The van der Waals surface area contributed by atoms with Gasteiger partial charge in [0, 0.05) is 31.5 Å². The number of aromatic nitrogens is 2. The normalized spacial score (nSPS) is 17.8. The molecule has 16 heavy (non-hydrogen) atoms. The first-order chi connectivity index (χ1) is 7.75. The Hall–Kier alpha value is -1.24. The SMILES string of the molecule is Cc1nc(CN=C(N)N2CCSCC2)no1. The number of aryl methyl sites for hydroxylation is 1. The second kappa shape index (κ2) is 5.20. The highest BCUT2D eigenvalue weighted by molar-refractivity contribution is 7.99. The molecule has 0 radical (unpaired) electrons. The summed E-state index contributed by atoms with van der Waals surface area (Å²) in [6.07, 6.45) is 0. The molecule has 88 valence electrons. The smallest absolute Gasteiger partial charge is 0.223 e. The van der Waals surface area contributed by atoms with Crippen molar-refractivity contribution in [2.45, 2.75) is 13.5 Å². The Kier molecular flexibility index (Phi) is 3.66. The summed E-state index contributed by atoms with van der Waals surface area (Å²) >= 11 is 1.94. The summed E-state index contributed by atoms with van der Waals surface area (Å²) in [4.78, 5) is 10.4. The Morgan fingerprint density at radius 1 is 1.56 bits per heavy atom. The lowest BCUT2D eigenvalue weighted by atomic mass is 10.5. The molecule has 2 rings (SSSR count). The van der Waals surface area contributed by atoms with E-state index in [0.29, 0.717) is 24.2 Å². The van der Waals surface area contributed by atoms with Gasteiger partial charge in [-0.1, -0.05) is 5.16 Å².